The van der Waals surface area contributed by atoms with Crippen molar-refractivity contribution < 1.29 is 19.3 Å². The van der Waals surface area contributed by atoms with E-state index in [2.05, 4.69) is 44.4 Å². The summed E-state index contributed by atoms with van der Waals surface area (Å²) in [5, 5.41) is 16.9. The van der Waals surface area contributed by atoms with E-state index in [1.807, 2.05) is 52.1 Å². The maximum atomic E-state index is 10.2. The molecule has 0 saturated carbocycles. The first-order valence-electron chi connectivity index (χ1n) is 13.7. The maximum absolute atomic E-state index is 10.2. The number of hydrogen-bond donors (Lipinski definition) is 3. The Hall–Kier alpha value is -3.54. The Morgan fingerprint density at radius 2 is 1.82 bits per heavy atom. The van der Waals surface area contributed by atoms with Crippen LogP contribution in [0.25, 0.3) is 11.3 Å². The zero-order chi connectivity index (χ0) is 28.8. The molecule has 4 heterocycles. The average Bonchev–Trinajstić information content (AvgIpc) is 2.95. The molecule has 0 aliphatic carbocycles. The van der Waals surface area contributed by atoms with Crippen LogP contribution >= 0.6 is 0 Å². The number of rotatable bonds is 12. The number of aliphatic hydroxyl groups is 1. The van der Waals surface area contributed by atoms with Gasteiger partial charge in [0, 0.05) is 54.6 Å². The fraction of sp³-hybridized carbons (Fsp3) is 0.517. The molecule has 3 aromatic heterocycles. The van der Waals surface area contributed by atoms with E-state index >= 15 is 0 Å². The normalized spacial score (nSPS) is 15.4. The number of fused-ring (bicyclic) bond motifs is 1. The molecular weight excluding hydrogens is 510 g/mol. The van der Waals surface area contributed by atoms with Crippen molar-refractivity contribution in [3.63, 3.8) is 0 Å². The van der Waals surface area contributed by atoms with Gasteiger partial charge in [-0.25, -0.2) is 19.9 Å². The van der Waals surface area contributed by atoms with Gasteiger partial charge in [-0.1, -0.05) is 13.8 Å². The lowest BCUT2D eigenvalue weighted by Crippen LogP contribution is -2.41. The molecule has 1 aliphatic rings. The average molecular weight is 552 g/mol. The van der Waals surface area contributed by atoms with Gasteiger partial charge in [-0.05, 0) is 52.4 Å². The number of ether oxygens (including phenoxy) is 3. The van der Waals surface area contributed by atoms with Gasteiger partial charge in [0.2, 0.25) is 6.41 Å². The molecule has 3 N–H and O–H groups in total. The molecule has 40 heavy (non-hydrogen) atoms. The van der Waals surface area contributed by atoms with E-state index < -0.39 is 12.0 Å². The lowest BCUT2D eigenvalue weighted by atomic mass is 9.79. The number of pyridine rings is 2. The zero-order valence-corrected chi connectivity index (χ0v) is 24.3. The molecule has 0 aromatic carbocycles. The highest BCUT2D eigenvalue weighted by Gasteiger charge is 2.31. The lowest BCUT2D eigenvalue weighted by Gasteiger charge is -2.32. The highest BCUT2D eigenvalue weighted by molar-refractivity contribution is 5.62. The van der Waals surface area contributed by atoms with E-state index in [0.29, 0.717) is 38.7 Å². The second-order valence-corrected chi connectivity index (χ2v) is 11.1. The highest BCUT2D eigenvalue weighted by Crippen LogP contribution is 2.40. The van der Waals surface area contributed by atoms with Crippen LogP contribution in [0.2, 0.25) is 0 Å². The Balaban J connectivity index is 1.35. The van der Waals surface area contributed by atoms with Gasteiger partial charge in [-0.3, -0.25) is 4.90 Å². The van der Waals surface area contributed by atoms with Crippen LogP contribution in [0, 0.1) is 0 Å². The Labute approximate surface area is 236 Å². The first-order chi connectivity index (χ1) is 19.1. The molecule has 0 fully saturated rings. The predicted octanol–water partition coefficient (Wildman–Crippen LogP) is 3.92. The molecule has 216 valence electrons. The fourth-order valence-electron chi connectivity index (χ4n) is 4.26. The quantitative estimate of drug-likeness (QED) is 0.284. The van der Waals surface area contributed by atoms with E-state index in [-0.39, 0.29) is 5.41 Å². The van der Waals surface area contributed by atoms with Gasteiger partial charge in [0.1, 0.15) is 31.2 Å². The minimum atomic E-state index is -0.967. The number of likely N-dealkylation sites (N-methyl/N-ethyl adjacent to an activating group) is 1. The number of anilines is 2. The van der Waals surface area contributed by atoms with Crippen molar-refractivity contribution in [1.82, 2.24) is 24.8 Å². The molecule has 1 unspecified atom stereocenters. The largest absolute Gasteiger partial charge is 0.484 e. The van der Waals surface area contributed by atoms with Crippen molar-refractivity contribution in [2.45, 2.75) is 58.5 Å². The Bertz CT molecular complexity index is 1250. The van der Waals surface area contributed by atoms with Crippen molar-refractivity contribution >= 4 is 11.6 Å². The van der Waals surface area contributed by atoms with Crippen LogP contribution in [0.15, 0.2) is 43.0 Å². The predicted molar refractivity (Wildman–Crippen MR) is 155 cm³/mol. The minimum Gasteiger partial charge on any atom is -0.484 e. The molecule has 11 heteroatoms. The van der Waals surface area contributed by atoms with Gasteiger partial charge < -0.3 is 30.0 Å². The van der Waals surface area contributed by atoms with E-state index in [1.54, 1.807) is 23.6 Å². The molecule has 0 amide bonds. The van der Waals surface area contributed by atoms with Crippen molar-refractivity contribution in [2.75, 3.05) is 50.5 Å². The first kappa shape index (κ1) is 29.4. The minimum absolute atomic E-state index is 0.226. The molecule has 0 saturated heterocycles. The summed E-state index contributed by atoms with van der Waals surface area (Å²) in [5.74, 6) is 2.74. The van der Waals surface area contributed by atoms with E-state index in [1.165, 1.54) is 0 Å². The summed E-state index contributed by atoms with van der Waals surface area (Å²) in [6.07, 6.45) is 5.03. The summed E-state index contributed by atoms with van der Waals surface area (Å²) >= 11 is 0. The third kappa shape index (κ3) is 7.56. The third-order valence-corrected chi connectivity index (χ3v) is 6.86. The molecule has 0 radical (unpaired) electrons. The van der Waals surface area contributed by atoms with E-state index in [0.717, 1.165) is 40.6 Å². The Morgan fingerprint density at radius 3 is 2.55 bits per heavy atom. The zero-order valence-electron chi connectivity index (χ0n) is 24.3. The number of nitrogens with zero attached hydrogens (tertiary/aromatic N) is 5. The standard InChI is InChI=1S/C29H41N7O4/c1-7-29(5,21-10-11-31-26-25(21)38-14-15-39-26)18-33-24-16-22(34-19-35-24)20-8-9-23(32-17-20)30-12-13-36(6)27(37)40-28(2,3)4/h8-11,16-17,19,27,37H,7,12-15,18H2,1-6H3,(H,30,32)(H,33,34,35)/t27?,29-/m1/s1. The van der Waals surface area contributed by atoms with Crippen LogP contribution in [0.4, 0.5) is 11.6 Å². The molecule has 2 atom stereocenters. The molecule has 1 aliphatic heterocycles. The fourth-order valence-corrected chi connectivity index (χ4v) is 4.26. The molecular formula is C29H41N7O4. The molecule has 11 nitrogen and oxygen atoms in total. The maximum Gasteiger partial charge on any atom is 0.257 e. The smallest absolute Gasteiger partial charge is 0.257 e. The van der Waals surface area contributed by atoms with E-state index in [9.17, 15) is 5.11 Å². The molecule has 0 spiro atoms. The molecule has 0 bridgehead atoms. The van der Waals surface area contributed by atoms with Crippen LogP contribution in [0.3, 0.4) is 0 Å². The van der Waals surface area contributed by atoms with Crippen molar-refractivity contribution in [1.29, 1.82) is 0 Å². The van der Waals surface area contributed by atoms with Crippen molar-refractivity contribution in [3.8, 4) is 22.9 Å². The lowest BCUT2D eigenvalue weighted by molar-refractivity contribution is -0.231. The summed E-state index contributed by atoms with van der Waals surface area (Å²) in [6.45, 7) is 12.9. The topological polar surface area (TPSA) is 127 Å². The SMILES string of the molecule is CC[C@](C)(CNc1cc(-c2ccc(NCCN(C)C(O)OC(C)(C)C)nc2)ncn1)c1ccnc2c1OCCO2. The number of hydrogen-bond acceptors (Lipinski definition) is 11. The van der Waals surface area contributed by atoms with Crippen molar-refractivity contribution in [3.05, 3.63) is 48.5 Å². The van der Waals surface area contributed by atoms with Crippen LogP contribution in [0.1, 0.15) is 46.6 Å². The first-order valence-corrected chi connectivity index (χ1v) is 13.7. The Kier molecular flexibility index (Phi) is 9.39. The molecule has 4 rings (SSSR count). The summed E-state index contributed by atoms with van der Waals surface area (Å²) in [6, 6.07) is 7.81. The van der Waals surface area contributed by atoms with Crippen LogP contribution in [0.5, 0.6) is 11.6 Å². The van der Waals surface area contributed by atoms with Crippen LogP contribution in [-0.4, -0.2) is 81.9 Å². The third-order valence-electron chi connectivity index (χ3n) is 6.86. The number of aliphatic hydroxyl groups excluding tert-OH is 1. The summed E-state index contributed by atoms with van der Waals surface area (Å²) < 4.78 is 17.2. The van der Waals surface area contributed by atoms with Gasteiger partial charge in [0.15, 0.2) is 5.75 Å². The van der Waals surface area contributed by atoms with Gasteiger partial charge in [0.05, 0.1) is 11.3 Å². The summed E-state index contributed by atoms with van der Waals surface area (Å²) in [5.41, 5.74) is 2.07. The van der Waals surface area contributed by atoms with Crippen LogP contribution in [-0.2, 0) is 10.2 Å². The van der Waals surface area contributed by atoms with Crippen molar-refractivity contribution in [2.24, 2.45) is 0 Å². The van der Waals surface area contributed by atoms with Gasteiger partial charge >= 0.3 is 0 Å². The monoisotopic (exact) mass is 551 g/mol. The van der Waals surface area contributed by atoms with Gasteiger partial charge in [-0.2, -0.15) is 0 Å². The molecule has 3 aromatic rings. The highest BCUT2D eigenvalue weighted by atomic mass is 16.6. The Morgan fingerprint density at radius 1 is 1.02 bits per heavy atom. The van der Waals surface area contributed by atoms with Crippen LogP contribution < -0.4 is 20.1 Å². The van der Waals surface area contributed by atoms with E-state index in [4.69, 9.17) is 14.2 Å². The summed E-state index contributed by atoms with van der Waals surface area (Å²) in [7, 11) is 1.81. The second kappa shape index (κ2) is 12.8. The van der Waals surface area contributed by atoms with Gasteiger partial charge in [0.25, 0.3) is 5.88 Å². The number of aromatic nitrogens is 4. The number of nitrogens with one attached hydrogen (secondary N) is 2. The second-order valence-electron chi connectivity index (χ2n) is 11.1. The summed E-state index contributed by atoms with van der Waals surface area (Å²) in [4.78, 5) is 19.5. The van der Waals surface area contributed by atoms with Gasteiger partial charge in [-0.15, -0.1) is 0 Å².